The van der Waals surface area contributed by atoms with Crippen LogP contribution in [0.15, 0.2) is 23.7 Å². The highest BCUT2D eigenvalue weighted by Gasteiger charge is 2.12. The summed E-state index contributed by atoms with van der Waals surface area (Å²) >= 11 is 1.41. The van der Waals surface area contributed by atoms with E-state index in [0.717, 1.165) is 16.3 Å². The van der Waals surface area contributed by atoms with Crippen molar-refractivity contribution < 1.29 is 9.53 Å². The van der Waals surface area contributed by atoms with Crippen molar-refractivity contribution in [2.24, 2.45) is 0 Å². The summed E-state index contributed by atoms with van der Waals surface area (Å²) in [7, 11) is 0. The molecular formula is C12H12N2O2S. The average molecular weight is 248 g/mol. The van der Waals surface area contributed by atoms with Gasteiger partial charge in [-0.15, -0.1) is 11.3 Å². The normalized spacial score (nSPS) is 10.2. The molecule has 5 heteroatoms. The minimum absolute atomic E-state index is 0.354. The molecule has 0 saturated carbocycles. The number of aromatic nitrogens is 2. The first kappa shape index (κ1) is 11.7. The average Bonchev–Trinajstić information content (AvgIpc) is 2.80. The fraction of sp³-hybridized carbons (Fsp3) is 0.250. The van der Waals surface area contributed by atoms with Crippen molar-refractivity contribution in [3.8, 4) is 10.6 Å². The first-order chi connectivity index (χ1) is 8.20. The molecule has 2 aromatic rings. The van der Waals surface area contributed by atoms with Gasteiger partial charge < -0.3 is 4.74 Å². The van der Waals surface area contributed by atoms with E-state index in [1.165, 1.54) is 11.3 Å². The van der Waals surface area contributed by atoms with Gasteiger partial charge in [0.25, 0.3) is 0 Å². The van der Waals surface area contributed by atoms with Crippen molar-refractivity contribution in [1.82, 2.24) is 9.97 Å². The Bertz CT molecular complexity index is 520. The molecule has 0 unspecified atom stereocenters. The Balaban J connectivity index is 2.23. The molecule has 0 aliphatic carbocycles. The zero-order chi connectivity index (χ0) is 12.3. The number of esters is 1. The smallest absolute Gasteiger partial charge is 0.357 e. The van der Waals surface area contributed by atoms with E-state index in [9.17, 15) is 4.79 Å². The van der Waals surface area contributed by atoms with Crippen molar-refractivity contribution in [3.05, 3.63) is 35.1 Å². The molecule has 2 heterocycles. The quantitative estimate of drug-likeness (QED) is 0.784. The Morgan fingerprint density at radius 2 is 2.29 bits per heavy atom. The maximum Gasteiger partial charge on any atom is 0.357 e. The minimum atomic E-state index is -0.380. The molecule has 0 aromatic carbocycles. The summed E-state index contributed by atoms with van der Waals surface area (Å²) in [6, 6.07) is 3.86. The third-order valence-corrected chi connectivity index (χ3v) is 3.04. The molecule has 2 rings (SSSR count). The predicted octanol–water partition coefficient (Wildman–Crippen LogP) is 2.69. The summed E-state index contributed by atoms with van der Waals surface area (Å²) in [5, 5.41) is 2.48. The van der Waals surface area contributed by atoms with E-state index in [4.69, 9.17) is 4.74 Å². The molecule has 0 aliphatic heterocycles. The third kappa shape index (κ3) is 2.68. The number of carbonyl (C=O) groups excluding carboxylic acids is 1. The molecule has 0 aliphatic rings. The molecule has 0 saturated heterocycles. The van der Waals surface area contributed by atoms with Crippen LogP contribution in [0.3, 0.4) is 0 Å². The molecule has 0 radical (unpaired) electrons. The van der Waals surface area contributed by atoms with Crippen molar-refractivity contribution in [3.63, 3.8) is 0 Å². The van der Waals surface area contributed by atoms with Crippen LogP contribution in [-0.4, -0.2) is 22.5 Å². The van der Waals surface area contributed by atoms with Crippen LogP contribution in [0.1, 0.15) is 23.1 Å². The second-order valence-electron chi connectivity index (χ2n) is 3.45. The number of hydrogen-bond acceptors (Lipinski definition) is 5. The minimum Gasteiger partial charge on any atom is -0.461 e. The number of ether oxygens (including phenoxy) is 1. The molecule has 0 N–H and O–H groups in total. The first-order valence-electron chi connectivity index (χ1n) is 5.26. The number of aryl methyl sites for hydroxylation is 1. The highest BCUT2D eigenvalue weighted by Crippen LogP contribution is 2.23. The van der Waals surface area contributed by atoms with Crippen LogP contribution in [0.2, 0.25) is 0 Å². The predicted molar refractivity (Wildman–Crippen MR) is 66.0 cm³/mol. The molecule has 17 heavy (non-hydrogen) atoms. The molecule has 0 atom stereocenters. The summed E-state index contributed by atoms with van der Waals surface area (Å²) in [5.41, 5.74) is 2.22. The van der Waals surface area contributed by atoms with Gasteiger partial charge in [0.1, 0.15) is 5.01 Å². The van der Waals surface area contributed by atoms with Gasteiger partial charge in [-0.05, 0) is 26.0 Å². The fourth-order valence-electron chi connectivity index (χ4n) is 1.30. The summed E-state index contributed by atoms with van der Waals surface area (Å²) < 4.78 is 4.89. The number of hydrogen-bond donors (Lipinski definition) is 0. The van der Waals surface area contributed by atoms with Gasteiger partial charge in [-0.2, -0.15) is 0 Å². The lowest BCUT2D eigenvalue weighted by molar-refractivity contribution is 0.0520. The number of rotatable bonds is 3. The monoisotopic (exact) mass is 248 g/mol. The van der Waals surface area contributed by atoms with Gasteiger partial charge in [0.15, 0.2) is 5.69 Å². The van der Waals surface area contributed by atoms with Crippen LogP contribution < -0.4 is 0 Å². The van der Waals surface area contributed by atoms with Gasteiger partial charge in [0.2, 0.25) is 0 Å². The number of carbonyl (C=O) groups is 1. The van der Waals surface area contributed by atoms with Crippen LogP contribution in [0.25, 0.3) is 10.6 Å². The molecule has 0 bridgehead atoms. The first-order valence-corrected chi connectivity index (χ1v) is 6.14. The summed E-state index contributed by atoms with van der Waals surface area (Å²) in [5.74, 6) is -0.380. The number of thiazole rings is 1. The lowest BCUT2D eigenvalue weighted by Crippen LogP contribution is -2.04. The van der Waals surface area contributed by atoms with E-state index >= 15 is 0 Å². The second kappa shape index (κ2) is 5.05. The van der Waals surface area contributed by atoms with E-state index in [-0.39, 0.29) is 5.97 Å². The lowest BCUT2D eigenvalue weighted by Gasteiger charge is -1.97. The maximum absolute atomic E-state index is 11.4. The van der Waals surface area contributed by atoms with Crippen LogP contribution >= 0.6 is 11.3 Å². The zero-order valence-corrected chi connectivity index (χ0v) is 10.5. The Morgan fingerprint density at radius 3 is 2.94 bits per heavy atom. The Morgan fingerprint density at radius 1 is 1.47 bits per heavy atom. The molecule has 4 nitrogen and oxygen atoms in total. The van der Waals surface area contributed by atoms with Gasteiger partial charge >= 0.3 is 5.97 Å². The van der Waals surface area contributed by atoms with Crippen molar-refractivity contribution >= 4 is 17.3 Å². The largest absolute Gasteiger partial charge is 0.461 e. The lowest BCUT2D eigenvalue weighted by atomic mass is 10.3. The molecule has 0 spiro atoms. The van der Waals surface area contributed by atoms with Crippen LogP contribution in [0.4, 0.5) is 0 Å². The third-order valence-electron chi connectivity index (χ3n) is 2.15. The number of nitrogens with zero attached hydrogens (tertiary/aromatic N) is 2. The molecule has 88 valence electrons. The highest BCUT2D eigenvalue weighted by molar-refractivity contribution is 7.13. The van der Waals surface area contributed by atoms with Crippen molar-refractivity contribution in [2.45, 2.75) is 13.8 Å². The zero-order valence-electron chi connectivity index (χ0n) is 9.64. The summed E-state index contributed by atoms with van der Waals surface area (Å²) in [6.07, 6.45) is 1.75. The SMILES string of the molecule is CCOC(=O)c1csc(-c2ccc(C)nc2)n1. The van der Waals surface area contributed by atoms with E-state index in [2.05, 4.69) is 9.97 Å². The van der Waals surface area contributed by atoms with E-state index < -0.39 is 0 Å². The summed E-state index contributed by atoms with van der Waals surface area (Å²) in [6.45, 7) is 4.06. The highest BCUT2D eigenvalue weighted by atomic mass is 32.1. The van der Waals surface area contributed by atoms with Gasteiger partial charge in [-0.3, -0.25) is 4.98 Å². The summed E-state index contributed by atoms with van der Waals surface area (Å²) in [4.78, 5) is 19.9. The van der Waals surface area contributed by atoms with Gasteiger partial charge in [0, 0.05) is 22.8 Å². The maximum atomic E-state index is 11.4. The molecule has 0 amide bonds. The Kier molecular flexibility index (Phi) is 3.49. The molecule has 0 fully saturated rings. The van der Waals surface area contributed by atoms with Crippen molar-refractivity contribution in [1.29, 1.82) is 0 Å². The van der Waals surface area contributed by atoms with Crippen molar-refractivity contribution in [2.75, 3.05) is 6.61 Å². The van der Waals surface area contributed by atoms with E-state index in [1.54, 1.807) is 18.5 Å². The van der Waals surface area contributed by atoms with E-state index in [0.29, 0.717) is 12.3 Å². The van der Waals surface area contributed by atoms with Gasteiger partial charge in [0.05, 0.1) is 6.61 Å². The van der Waals surface area contributed by atoms with Crippen LogP contribution in [-0.2, 0) is 4.74 Å². The van der Waals surface area contributed by atoms with Crippen LogP contribution in [0, 0.1) is 6.92 Å². The van der Waals surface area contributed by atoms with Gasteiger partial charge in [-0.1, -0.05) is 0 Å². The van der Waals surface area contributed by atoms with Gasteiger partial charge in [-0.25, -0.2) is 9.78 Å². The Hall–Kier alpha value is -1.75. The second-order valence-corrected chi connectivity index (χ2v) is 4.30. The fourth-order valence-corrected chi connectivity index (χ4v) is 2.08. The standard InChI is InChI=1S/C12H12N2O2S/c1-3-16-12(15)10-7-17-11(14-10)9-5-4-8(2)13-6-9/h4-7H,3H2,1-2H3. The Labute approximate surface area is 103 Å². The topological polar surface area (TPSA) is 52.1 Å². The van der Waals surface area contributed by atoms with E-state index in [1.807, 2.05) is 19.1 Å². The number of pyridine rings is 1. The molecule has 2 aromatic heterocycles. The van der Waals surface area contributed by atoms with Crippen LogP contribution in [0.5, 0.6) is 0 Å². The molecular weight excluding hydrogens is 236 g/mol.